The molecule has 1 aromatic carbocycles. The smallest absolute Gasteiger partial charge is 0.0242 e. The Morgan fingerprint density at radius 1 is 1.28 bits per heavy atom. The second-order valence-electron chi connectivity index (χ2n) is 5.49. The number of hydrogen-bond donors (Lipinski definition) is 1. The van der Waals surface area contributed by atoms with E-state index >= 15 is 0 Å². The first-order chi connectivity index (χ1) is 8.72. The molecule has 0 saturated carbocycles. The summed E-state index contributed by atoms with van der Waals surface area (Å²) in [6.45, 7) is 11.4. The molecule has 1 unspecified atom stereocenters. The topological polar surface area (TPSA) is 15.3 Å². The molecule has 0 spiro atoms. The van der Waals surface area contributed by atoms with Crippen LogP contribution in [0.5, 0.6) is 0 Å². The summed E-state index contributed by atoms with van der Waals surface area (Å²) in [5.41, 5.74) is 4.39. The predicted molar refractivity (Wildman–Crippen MR) is 77.9 cm³/mol. The van der Waals surface area contributed by atoms with E-state index in [1.165, 1.54) is 42.6 Å². The molecule has 0 bridgehead atoms. The van der Waals surface area contributed by atoms with Gasteiger partial charge in [-0.25, -0.2) is 0 Å². The average molecular weight is 246 g/mol. The van der Waals surface area contributed by atoms with Gasteiger partial charge in [-0.1, -0.05) is 25.1 Å². The van der Waals surface area contributed by atoms with E-state index in [0.29, 0.717) is 0 Å². The molecule has 1 aliphatic heterocycles. The zero-order valence-corrected chi connectivity index (χ0v) is 12.0. The molecule has 18 heavy (non-hydrogen) atoms. The van der Waals surface area contributed by atoms with E-state index in [4.69, 9.17) is 0 Å². The van der Waals surface area contributed by atoms with Gasteiger partial charge in [0.25, 0.3) is 0 Å². The van der Waals surface area contributed by atoms with Crippen LogP contribution in [0, 0.1) is 13.8 Å². The largest absolute Gasteiger partial charge is 0.315 e. The van der Waals surface area contributed by atoms with Crippen LogP contribution >= 0.6 is 0 Å². The van der Waals surface area contributed by atoms with Crippen LogP contribution in [0.2, 0.25) is 0 Å². The average Bonchev–Trinajstić information content (AvgIpc) is 2.86. The van der Waals surface area contributed by atoms with Crippen molar-refractivity contribution in [1.29, 1.82) is 0 Å². The van der Waals surface area contributed by atoms with Gasteiger partial charge < -0.3 is 5.32 Å². The third-order valence-corrected chi connectivity index (χ3v) is 4.07. The van der Waals surface area contributed by atoms with Gasteiger partial charge in [0.2, 0.25) is 0 Å². The van der Waals surface area contributed by atoms with Crippen molar-refractivity contribution in [3.63, 3.8) is 0 Å². The number of rotatable bonds is 5. The maximum Gasteiger partial charge on any atom is 0.0242 e. The van der Waals surface area contributed by atoms with E-state index in [0.717, 1.165) is 19.1 Å². The lowest BCUT2D eigenvalue weighted by molar-refractivity contribution is 0.199. The number of hydrogen-bond acceptors (Lipinski definition) is 2. The van der Waals surface area contributed by atoms with Crippen LogP contribution in [-0.4, -0.2) is 30.6 Å². The zero-order valence-electron chi connectivity index (χ0n) is 12.0. The summed E-state index contributed by atoms with van der Waals surface area (Å²) in [5.74, 6) is 0. The van der Waals surface area contributed by atoms with Crippen molar-refractivity contribution in [3.8, 4) is 0 Å². The summed E-state index contributed by atoms with van der Waals surface area (Å²) in [6, 6.07) is 7.36. The lowest BCUT2D eigenvalue weighted by Crippen LogP contribution is -2.37. The molecule has 1 N–H and O–H groups in total. The first-order valence-corrected chi connectivity index (χ1v) is 7.22. The highest BCUT2D eigenvalue weighted by Crippen LogP contribution is 2.19. The highest BCUT2D eigenvalue weighted by Gasteiger charge is 2.22. The number of benzene rings is 1. The molecule has 2 heteroatoms. The highest BCUT2D eigenvalue weighted by atomic mass is 15.2. The fraction of sp³-hybridized carbons (Fsp3) is 0.625. The van der Waals surface area contributed by atoms with Crippen molar-refractivity contribution in [3.05, 3.63) is 34.9 Å². The Bertz CT molecular complexity index is 360. The molecular weight excluding hydrogens is 220 g/mol. The minimum Gasteiger partial charge on any atom is -0.315 e. The van der Waals surface area contributed by atoms with E-state index in [1.54, 1.807) is 0 Å². The van der Waals surface area contributed by atoms with Gasteiger partial charge in [-0.05, 0) is 56.5 Å². The van der Waals surface area contributed by atoms with Crippen LogP contribution in [0.3, 0.4) is 0 Å². The molecule has 2 nitrogen and oxygen atoms in total. The molecule has 0 aromatic heterocycles. The van der Waals surface area contributed by atoms with E-state index in [1.807, 2.05) is 0 Å². The fourth-order valence-corrected chi connectivity index (χ4v) is 2.93. The summed E-state index contributed by atoms with van der Waals surface area (Å²) in [5, 5.41) is 3.48. The van der Waals surface area contributed by atoms with Gasteiger partial charge in [0, 0.05) is 19.1 Å². The van der Waals surface area contributed by atoms with Gasteiger partial charge in [-0.3, -0.25) is 4.90 Å². The Morgan fingerprint density at radius 2 is 2.00 bits per heavy atom. The molecule has 100 valence electrons. The second kappa shape index (κ2) is 6.35. The standard InChI is InChI=1S/C16H26N2/c1-4-10-18(15-8-9-17-11-15)12-16-13(2)6-5-7-14(16)3/h5-7,15,17H,4,8-12H2,1-3H3. The Hall–Kier alpha value is -0.860. The molecular formula is C16H26N2. The minimum atomic E-state index is 0.726. The maximum atomic E-state index is 3.48. The van der Waals surface area contributed by atoms with E-state index < -0.39 is 0 Å². The van der Waals surface area contributed by atoms with Crippen LogP contribution in [0.15, 0.2) is 18.2 Å². The Balaban J connectivity index is 2.12. The Morgan fingerprint density at radius 3 is 2.56 bits per heavy atom. The molecule has 0 aliphatic carbocycles. The lowest BCUT2D eigenvalue weighted by atomic mass is 10.0. The molecule has 0 radical (unpaired) electrons. The van der Waals surface area contributed by atoms with Gasteiger partial charge in [-0.15, -0.1) is 0 Å². The summed E-state index contributed by atoms with van der Waals surface area (Å²) < 4.78 is 0. The predicted octanol–water partition coefficient (Wildman–Crippen LogP) is 2.88. The zero-order chi connectivity index (χ0) is 13.0. The minimum absolute atomic E-state index is 0.726. The molecule has 1 atom stereocenters. The molecule has 1 saturated heterocycles. The molecule has 1 aliphatic rings. The highest BCUT2D eigenvalue weighted by molar-refractivity contribution is 5.33. The van der Waals surface area contributed by atoms with Crippen LogP contribution in [0.25, 0.3) is 0 Å². The Labute approximate surface area is 111 Å². The third kappa shape index (κ3) is 3.12. The van der Waals surface area contributed by atoms with Gasteiger partial charge in [0.05, 0.1) is 0 Å². The van der Waals surface area contributed by atoms with Gasteiger partial charge >= 0.3 is 0 Å². The van der Waals surface area contributed by atoms with Crippen molar-refractivity contribution >= 4 is 0 Å². The van der Waals surface area contributed by atoms with E-state index in [-0.39, 0.29) is 0 Å². The quantitative estimate of drug-likeness (QED) is 0.859. The van der Waals surface area contributed by atoms with Crippen molar-refractivity contribution < 1.29 is 0 Å². The SMILES string of the molecule is CCCN(Cc1c(C)cccc1C)C1CCNC1. The van der Waals surface area contributed by atoms with Crippen LogP contribution < -0.4 is 5.32 Å². The van der Waals surface area contributed by atoms with Gasteiger partial charge in [-0.2, -0.15) is 0 Å². The van der Waals surface area contributed by atoms with Crippen molar-refractivity contribution in [2.75, 3.05) is 19.6 Å². The van der Waals surface area contributed by atoms with Gasteiger partial charge in [0.15, 0.2) is 0 Å². The summed E-state index contributed by atoms with van der Waals surface area (Å²) in [4.78, 5) is 2.66. The molecule has 1 fully saturated rings. The van der Waals surface area contributed by atoms with Crippen LogP contribution in [-0.2, 0) is 6.54 Å². The monoisotopic (exact) mass is 246 g/mol. The van der Waals surface area contributed by atoms with Crippen molar-refractivity contribution in [1.82, 2.24) is 10.2 Å². The molecule has 0 amide bonds. The maximum absolute atomic E-state index is 3.48. The summed E-state index contributed by atoms with van der Waals surface area (Å²) in [6.07, 6.45) is 2.53. The second-order valence-corrected chi connectivity index (χ2v) is 5.49. The summed E-state index contributed by atoms with van der Waals surface area (Å²) >= 11 is 0. The Kier molecular flexibility index (Phi) is 4.79. The van der Waals surface area contributed by atoms with Crippen LogP contribution in [0.4, 0.5) is 0 Å². The van der Waals surface area contributed by atoms with Crippen molar-refractivity contribution in [2.45, 2.75) is 46.2 Å². The van der Waals surface area contributed by atoms with Gasteiger partial charge in [0.1, 0.15) is 0 Å². The van der Waals surface area contributed by atoms with Crippen LogP contribution in [0.1, 0.15) is 36.5 Å². The fourth-order valence-electron chi connectivity index (χ4n) is 2.93. The normalized spacial score (nSPS) is 19.7. The van der Waals surface area contributed by atoms with E-state index in [9.17, 15) is 0 Å². The summed E-state index contributed by atoms with van der Waals surface area (Å²) in [7, 11) is 0. The van der Waals surface area contributed by atoms with E-state index in [2.05, 4.69) is 49.2 Å². The number of nitrogens with one attached hydrogen (secondary N) is 1. The molecule has 1 heterocycles. The van der Waals surface area contributed by atoms with Crippen molar-refractivity contribution in [2.24, 2.45) is 0 Å². The lowest BCUT2D eigenvalue weighted by Gasteiger charge is -2.29. The molecule has 2 rings (SSSR count). The molecule has 1 aromatic rings. The first kappa shape index (κ1) is 13.6. The number of aryl methyl sites for hydroxylation is 2. The number of nitrogens with zero attached hydrogens (tertiary/aromatic N) is 1. The third-order valence-electron chi connectivity index (χ3n) is 4.07. The first-order valence-electron chi connectivity index (χ1n) is 7.22.